The van der Waals surface area contributed by atoms with Crippen molar-refractivity contribution in [3.8, 4) is 5.75 Å². The molecule has 2 atom stereocenters. The Kier molecular flexibility index (Phi) is 4.43. The Morgan fingerprint density at radius 3 is 2.76 bits per heavy atom. The van der Waals surface area contributed by atoms with E-state index in [4.69, 9.17) is 10.5 Å². The zero-order valence-corrected chi connectivity index (χ0v) is 10.7. The summed E-state index contributed by atoms with van der Waals surface area (Å²) in [5.41, 5.74) is 7.28. The van der Waals surface area contributed by atoms with Crippen LogP contribution in [0.15, 0.2) is 24.3 Å². The van der Waals surface area contributed by atoms with Crippen LogP contribution in [0, 0.1) is 5.92 Å². The molecule has 0 saturated heterocycles. The second-order valence-corrected chi connectivity index (χ2v) is 4.86. The molecular formula is C15H23NO. The highest BCUT2D eigenvalue weighted by atomic mass is 16.5. The number of ether oxygens (including phenoxy) is 1. The number of hydrogen-bond acceptors (Lipinski definition) is 2. The van der Waals surface area contributed by atoms with Crippen molar-refractivity contribution in [2.24, 2.45) is 11.7 Å². The molecule has 1 fully saturated rings. The zero-order chi connectivity index (χ0) is 12.1. The van der Waals surface area contributed by atoms with Crippen molar-refractivity contribution in [2.75, 3.05) is 13.2 Å². The highest BCUT2D eigenvalue weighted by Gasteiger charge is 2.27. The molecule has 0 radical (unpaired) electrons. The van der Waals surface area contributed by atoms with Gasteiger partial charge in [0.2, 0.25) is 0 Å². The van der Waals surface area contributed by atoms with Crippen LogP contribution in [-0.4, -0.2) is 13.2 Å². The largest absolute Gasteiger partial charge is 0.494 e. The van der Waals surface area contributed by atoms with E-state index in [1.165, 1.54) is 31.2 Å². The van der Waals surface area contributed by atoms with Crippen LogP contribution >= 0.6 is 0 Å². The normalized spacial score (nSPS) is 24.6. The summed E-state index contributed by atoms with van der Waals surface area (Å²) in [7, 11) is 0. The van der Waals surface area contributed by atoms with Crippen molar-refractivity contribution in [2.45, 2.75) is 38.5 Å². The van der Waals surface area contributed by atoms with Gasteiger partial charge in [-0.1, -0.05) is 31.0 Å². The lowest BCUT2D eigenvalue weighted by molar-refractivity contribution is 0.292. The third-order valence-corrected chi connectivity index (χ3v) is 3.83. The van der Waals surface area contributed by atoms with Gasteiger partial charge in [0.15, 0.2) is 0 Å². The van der Waals surface area contributed by atoms with Gasteiger partial charge in [-0.3, -0.25) is 0 Å². The smallest absolute Gasteiger partial charge is 0.122 e. The summed E-state index contributed by atoms with van der Waals surface area (Å²) < 4.78 is 5.74. The molecule has 2 unspecified atom stereocenters. The predicted octanol–water partition coefficient (Wildman–Crippen LogP) is 3.32. The Morgan fingerprint density at radius 1 is 1.24 bits per heavy atom. The molecule has 17 heavy (non-hydrogen) atoms. The first-order valence-corrected chi connectivity index (χ1v) is 6.78. The van der Waals surface area contributed by atoms with E-state index in [-0.39, 0.29) is 0 Å². The van der Waals surface area contributed by atoms with Crippen molar-refractivity contribution >= 4 is 0 Å². The van der Waals surface area contributed by atoms with Crippen LogP contribution in [-0.2, 0) is 0 Å². The van der Waals surface area contributed by atoms with Crippen LogP contribution in [0.3, 0.4) is 0 Å². The van der Waals surface area contributed by atoms with E-state index in [2.05, 4.69) is 24.3 Å². The lowest BCUT2D eigenvalue weighted by Gasteiger charge is -2.32. The van der Waals surface area contributed by atoms with Gasteiger partial charge in [-0.05, 0) is 49.8 Å². The van der Waals surface area contributed by atoms with Crippen molar-refractivity contribution in [3.63, 3.8) is 0 Å². The maximum atomic E-state index is 5.91. The number of nitrogens with two attached hydrogens (primary N) is 1. The van der Waals surface area contributed by atoms with Crippen molar-refractivity contribution in [3.05, 3.63) is 29.8 Å². The van der Waals surface area contributed by atoms with Crippen LogP contribution in [0.1, 0.15) is 44.1 Å². The Balaban J connectivity index is 2.24. The van der Waals surface area contributed by atoms with Gasteiger partial charge in [-0.25, -0.2) is 0 Å². The summed E-state index contributed by atoms with van der Waals surface area (Å²) in [6.45, 7) is 3.57. The highest BCUT2D eigenvalue weighted by molar-refractivity contribution is 5.37. The molecule has 2 heteroatoms. The Hall–Kier alpha value is -1.02. The van der Waals surface area contributed by atoms with E-state index >= 15 is 0 Å². The molecule has 1 aliphatic rings. The minimum atomic E-state index is 0.594. The molecule has 2 N–H and O–H groups in total. The zero-order valence-electron chi connectivity index (χ0n) is 10.7. The minimum Gasteiger partial charge on any atom is -0.494 e. The number of benzene rings is 1. The summed E-state index contributed by atoms with van der Waals surface area (Å²) in [5.74, 6) is 2.28. The van der Waals surface area contributed by atoms with Gasteiger partial charge in [0.1, 0.15) is 5.75 Å². The monoisotopic (exact) mass is 233 g/mol. The summed E-state index contributed by atoms with van der Waals surface area (Å²) in [5, 5.41) is 0. The van der Waals surface area contributed by atoms with Gasteiger partial charge in [0.05, 0.1) is 6.61 Å². The average Bonchev–Trinajstić information content (AvgIpc) is 2.40. The highest BCUT2D eigenvalue weighted by Crippen LogP contribution is 2.40. The van der Waals surface area contributed by atoms with Gasteiger partial charge in [-0.15, -0.1) is 0 Å². The maximum Gasteiger partial charge on any atom is 0.122 e. The van der Waals surface area contributed by atoms with Crippen molar-refractivity contribution in [1.29, 1.82) is 0 Å². The second-order valence-electron chi connectivity index (χ2n) is 4.86. The molecule has 0 aliphatic heterocycles. The molecule has 1 aromatic carbocycles. The third kappa shape index (κ3) is 2.81. The quantitative estimate of drug-likeness (QED) is 0.866. The average molecular weight is 233 g/mol. The number of hydrogen-bond donors (Lipinski definition) is 1. The molecule has 2 nitrogen and oxygen atoms in total. The molecule has 0 aromatic heterocycles. The SMILES string of the molecule is CCOc1ccccc1C1CCCCC1CN. The standard InChI is InChI=1S/C15H23NO/c1-2-17-15-10-6-5-9-14(15)13-8-4-3-7-12(13)11-16/h5-6,9-10,12-13H,2-4,7-8,11,16H2,1H3. The fraction of sp³-hybridized carbons (Fsp3) is 0.600. The fourth-order valence-corrected chi connectivity index (χ4v) is 2.97. The first-order valence-electron chi connectivity index (χ1n) is 6.78. The van der Waals surface area contributed by atoms with Crippen LogP contribution < -0.4 is 10.5 Å². The predicted molar refractivity (Wildman–Crippen MR) is 71.4 cm³/mol. The molecule has 0 amide bonds. The molecule has 1 aromatic rings. The molecule has 0 bridgehead atoms. The lowest BCUT2D eigenvalue weighted by Crippen LogP contribution is -2.25. The van der Waals surface area contributed by atoms with E-state index in [1.54, 1.807) is 0 Å². The van der Waals surface area contributed by atoms with Crippen LogP contribution in [0.5, 0.6) is 5.75 Å². The molecule has 1 aliphatic carbocycles. The Bertz CT molecular complexity index is 351. The summed E-state index contributed by atoms with van der Waals surface area (Å²) in [6.07, 6.45) is 5.17. The van der Waals surface area contributed by atoms with E-state index in [0.717, 1.165) is 18.9 Å². The fourth-order valence-electron chi connectivity index (χ4n) is 2.97. The van der Waals surface area contributed by atoms with E-state index in [0.29, 0.717) is 11.8 Å². The van der Waals surface area contributed by atoms with E-state index in [9.17, 15) is 0 Å². The van der Waals surface area contributed by atoms with Gasteiger partial charge in [0.25, 0.3) is 0 Å². The molecule has 94 valence electrons. The minimum absolute atomic E-state index is 0.594. The molecular weight excluding hydrogens is 210 g/mol. The molecule has 0 heterocycles. The first kappa shape index (κ1) is 12.4. The number of rotatable bonds is 4. The van der Waals surface area contributed by atoms with Crippen LogP contribution in [0.2, 0.25) is 0 Å². The molecule has 1 saturated carbocycles. The Labute approximate surface area is 104 Å². The van der Waals surface area contributed by atoms with Gasteiger partial charge in [0, 0.05) is 0 Å². The summed E-state index contributed by atoms with van der Waals surface area (Å²) in [6, 6.07) is 8.46. The number of para-hydroxylation sites is 1. The van der Waals surface area contributed by atoms with Gasteiger partial charge < -0.3 is 10.5 Å². The molecule has 0 spiro atoms. The van der Waals surface area contributed by atoms with Crippen LogP contribution in [0.4, 0.5) is 0 Å². The first-order chi connectivity index (χ1) is 8.36. The van der Waals surface area contributed by atoms with Gasteiger partial charge >= 0.3 is 0 Å². The van der Waals surface area contributed by atoms with Crippen molar-refractivity contribution < 1.29 is 4.74 Å². The summed E-state index contributed by atoms with van der Waals surface area (Å²) >= 11 is 0. The second kappa shape index (κ2) is 6.06. The Morgan fingerprint density at radius 2 is 2.00 bits per heavy atom. The third-order valence-electron chi connectivity index (χ3n) is 3.83. The maximum absolute atomic E-state index is 5.91. The van der Waals surface area contributed by atoms with Gasteiger partial charge in [-0.2, -0.15) is 0 Å². The van der Waals surface area contributed by atoms with Crippen LogP contribution in [0.25, 0.3) is 0 Å². The van der Waals surface area contributed by atoms with E-state index < -0.39 is 0 Å². The molecule has 2 rings (SSSR count). The lowest BCUT2D eigenvalue weighted by atomic mass is 9.75. The topological polar surface area (TPSA) is 35.2 Å². The van der Waals surface area contributed by atoms with E-state index in [1.807, 2.05) is 6.92 Å². The summed E-state index contributed by atoms with van der Waals surface area (Å²) in [4.78, 5) is 0. The van der Waals surface area contributed by atoms with Crippen molar-refractivity contribution in [1.82, 2.24) is 0 Å².